The van der Waals surface area contributed by atoms with E-state index in [1.165, 1.54) is 0 Å². The molecule has 1 atom stereocenters. The Morgan fingerprint density at radius 2 is 2.50 bits per heavy atom. The number of amides is 1. The molecule has 90 valence electrons. The minimum atomic E-state index is -0.141. The van der Waals surface area contributed by atoms with Crippen LogP contribution >= 0.6 is 27.7 Å². The van der Waals surface area contributed by atoms with Gasteiger partial charge in [-0.1, -0.05) is 0 Å². The molecule has 0 aromatic carbocycles. The third-order valence-corrected chi connectivity index (χ3v) is 3.27. The van der Waals surface area contributed by atoms with Crippen molar-refractivity contribution in [3.8, 4) is 0 Å². The molecule has 4 nitrogen and oxygen atoms in total. The summed E-state index contributed by atoms with van der Waals surface area (Å²) in [5, 5.41) is 11.8. The molecule has 1 heterocycles. The lowest BCUT2D eigenvalue weighted by molar-refractivity contribution is 0.0931. The van der Waals surface area contributed by atoms with Gasteiger partial charge in [0.1, 0.15) is 5.69 Å². The zero-order valence-electron chi connectivity index (χ0n) is 9.00. The number of aliphatic hydroxyl groups excluding tert-OH is 1. The predicted molar refractivity (Wildman–Crippen MR) is 69.8 cm³/mol. The van der Waals surface area contributed by atoms with E-state index in [0.29, 0.717) is 12.1 Å². The molecule has 0 aliphatic rings. The minimum Gasteiger partial charge on any atom is -0.396 e. The number of hydrogen-bond acceptors (Lipinski definition) is 3. The van der Waals surface area contributed by atoms with Gasteiger partial charge in [0.2, 0.25) is 0 Å². The van der Waals surface area contributed by atoms with E-state index in [9.17, 15) is 4.79 Å². The maximum Gasteiger partial charge on any atom is 0.267 e. The molecule has 0 bridgehead atoms. The molecular weight excluding hydrogens is 292 g/mol. The van der Waals surface area contributed by atoms with Gasteiger partial charge >= 0.3 is 0 Å². The van der Waals surface area contributed by atoms with Crippen molar-refractivity contribution in [1.82, 2.24) is 10.3 Å². The number of thioether (sulfide) groups is 1. The number of carbonyl (C=O) groups is 1. The SMILES string of the molecule is CSC[C@H](CCO)NC(=O)c1cc(Br)c[nH]1. The van der Waals surface area contributed by atoms with Crippen molar-refractivity contribution in [2.45, 2.75) is 12.5 Å². The number of carbonyl (C=O) groups excluding carboxylic acids is 1. The quantitative estimate of drug-likeness (QED) is 0.748. The summed E-state index contributed by atoms with van der Waals surface area (Å²) in [5.41, 5.74) is 0.524. The molecule has 0 saturated heterocycles. The van der Waals surface area contributed by atoms with Crippen LogP contribution in [0.1, 0.15) is 16.9 Å². The van der Waals surface area contributed by atoms with Crippen LogP contribution in [0.2, 0.25) is 0 Å². The van der Waals surface area contributed by atoms with E-state index in [0.717, 1.165) is 10.2 Å². The summed E-state index contributed by atoms with van der Waals surface area (Å²) in [6, 6.07) is 1.74. The fourth-order valence-electron chi connectivity index (χ4n) is 1.32. The second-order valence-corrected chi connectivity index (χ2v) is 5.20. The van der Waals surface area contributed by atoms with Crippen molar-refractivity contribution in [1.29, 1.82) is 0 Å². The highest BCUT2D eigenvalue weighted by Gasteiger charge is 2.13. The highest BCUT2D eigenvalue weighted by atomic mass is 79.9. The van der Waals surface area contributed by atoms with Crippen molar-refractivity contribution < 1.29 is 9.90 Å². The van der Waals surface area contributed by atoms with Gasteiger partial charge < -0.3 is 15.4 Å². The molecule has 0 saturated carbocycles. The number of hydrogen-bond donors (Lipinski definition) is 3. The molecule has 0 aliphatic heterocycles. The summed E-state index contributed by atoms with van der Waals surface area (Å²) < 4.78 is 0.848. The first kappa shape index (κ1) is 13.6. The molecule has 1 aromatic rings. The summed E-state index contributed by atoms with van der Waals surface area (Å²) in [5.74, 6) is 0.659. The van der Waals surface area contributed by atoms with Gasteiger partial charge in [-0.2, -0.15) is 11.8 Å². The van der Waals surface area contributed by atoms with Crippen LogP contribution in [0.15, 0.2) is 16.7 Å². The van der Waals surface area contributed by atoms with Gasteiger partial charge in [0.05, 0.1) is 0 Å². The van der Waals surface area contributed by atoms with Crippen LogP contribution in [0.25, 0.3) is 0 Å². The Morgan fingerprint density at radius 3 is 3.00 bits per heavy atom. The number of aromatic amines is 1. The van der Waals surface area contributed by atoms with Crippen molar-refractivity contribution in [3.63, 3.8) is 0 Å². The second kappa shape index (κ2) is 6.98. The lowest BCUT2D eigenvalue weighted by Gasteiger charge is -2.15. The number of rotatable bonds is 6. The molecule has 1 amide bonds. The highest BCUT2D eigenvalue weighted by Crippen LogP contribution is 2.11. The standard InChI is InChI=1S/C10H15BrN2O2S/c1-16-6-8(2-3-14)13-10(15)9-4-7(11)5-12-9/h4-5,8,12,14H,2-3,6H2,1H3,(H,13,15)/t8-/m0/s1. The number of nitrogens with one attached hydrogen (secondary N) is 2. The third kappa shape index (κ3) is 4.19. The summed E-state index contributed by atoms with van der Waals surface area (Å²) >= 11 is 4.92. The topological polar surface area (TPSA) is 65.1 Å². The van der Waals surface area contributed by atoms with E-state index in [-0.39, 0.29) is 18.6 Å². The van der Waals surface area contributed by atoms with Gasteiger partial charge in [-0.05, 0) is 34.7 Å². The summed E-state index contributed by atoms with van der Waals surface area (Å²) in [6.07, 6.45) is 4.26. The smallest absolute Gasteiger partial charge is 0.267 e. The molecule has 0 fully saturated rings. The Kier molecular flexibility index (Phi) is 5.94. The number of H-pyrrole nitrogens is 1. The molecule has 0 spiro atoms. The molecule has 3 N–H and O–H groups in total. The zero-order chi connectivity index (χ0) is 12.0. The number of aliphatic hydroxyl groups is 1. The first-order valence-electron chi connectivity index (χ1n) is 4.92. The van der Waals surface area contributed by atoms with Gasteiger partial charge in [-0.3, -0.25) is 4.79 Å². The third-order valence-electron chi connectivity index (χ3n) is 2.07. The lowest BCUT2D eigenvalue weighted by Crippen LogP contribution is -2.37. The fraction of sp³-hybridized carbons (Fsp3) is 0.500. The maximum atomic E-state index is 11.8. The Balaban J connectivity index is 2.54. The molecular formula is C10H15BrN2O2S. The maximum absolute atomic E-state index is 11.8. The van der Waals surface area contributed by atoms with Gasteiger partial charge in [0.25, 0.3) is 5.91 Å². The normalized spacial score (nSPS) is 12.4. The van der Waals surface area contributed by atoms with E-state index in [1.807, 2.05) is 6.26 Å². The first-order valence-corrected chi connectivity index (χ1v) is 7.10. The average Bonchev–Trinajstić information content (AvgIpc) is 2.65. The van der Waals surface area contributed by atoms with E-state index in [2.05, 4.69) is 26.2 Å². The van der Waals surface area contributed by atoms with Gasteiger partial charge in [0.15, 0.2) is 0 Å². The van der Waals surface area contributed by atoms with Crippen molar-refractivity contribution in [2.24, 2.45) is 0 Å². The van der Waals surface area contributed by atoms with E-state index in [1.54, 1.807) is 24.0 Å². The molecule has 6 heteroatoms. The van der Waals surface area contributed by atoms with Crippen LogP contribution in [0.3, 0.4) is 0 Å². The van der Waals surface area contributed by atoms with Gasteiger partial charge in [0, 0.05) is 29.1 Å². The van der Waals surface area contributed by atoms with E-state index < -0.39 is 0 Å². The molecule has 1 aromatic heterocycles. The molecule has 0 aliphatic carbocycles. The molecule has 0 radical (unpaired) electrons. The monoisotopic (exact) mass is 306 g/mol. The van der Waals surface area contributed by atoms with Crippen molar-refractivity contribution in [2.75, 3.05) is 18.6 Å². The van der Waals surface area contributed by atoms with Gasteiger partial charge in [-0.25, -0.2) is 0 Å². The van der Waals surface area contributed by atoms with E-state index in [4.69, 9.17) is 5.11 Å². The Bertz CT molecular complexity index is 337. The Labute approximate surface area is 107 Å². The van der Waals surface area contributed by atoms with Crippen molar-refractivity contribution in [3.05, 3.63) is 22.4 Å². The zero-order valence-corrected chi connectivity index (χ0v) is 11.4. The average molecular weight is 307 g/mol. The number of aromatic nitrogens is 1. The molecule has 16 heavy (non-hydrogen) atoms. The lowest BCUT2D eigenvalue weighted by atomic mass is 10.2. The van der Waals surface area contributed by atoms with Crippen LogP contribution in [0, 0.1) is 0 Å². The van der Waals surface area contributed by atoms with Crippen LogP contribution in [0.4, 0.5) is 0 Å². The van der Waals surface area contributed by atoms with Crippen LogP contribution in [-0.2, 0) is 0 Å². The van der Waals surface area contributed by atoms with Gasteiger partial charge in [-0.15, -0.1) is 0 Å². The molecule has 0 unspecified atom stereocenters. The van der Waals surface area contributed by atoms with Crippen LogP contribution < -0.4 is 5.32 Å². The van der Waals surface area contributed by atoms with Crippen LogP contribution in [-0.4, -0.2) is 40.7 Å². The Morgan fingerprint density at radius 1 is 1.75 bits per heavy atom. The highest BCUT2D eigenvalue weighted by molar-refractivity contribution is 9.10. The van der Waals surface area contributed by atoms with E-state index >= 15 is 0 Å². The molecule has 1 rings (SSSR count). The number of halogens is 1. The van der Waals surface area contributed by atoms with Crippen molar-refractivity contribution >= 4 is 33.6 Å². The largest absolute Gasteiger partial charge is 0.396 e. The summed E-state index contributed by atoms with van der Waals surface area (Å²) in [7, 11) is 0. The van der Waals surface area contributed by atoms with Crippen LogP contribution in [0.5, 0.6) is 0 Å². The second-order valence-electron chi connectivity index (χ2n) is 3.37. The fourth-order valence-corrected chi connectivity index (χ4v) is 2.31. The summed E-state index contributed by atoms with van der Waals surface area (Å²) in [6.45, 7) is 0.0833. The minimum absolute atomic E-state index is 0.00887. The first-order chi connectivity index (χ1) is 7.67. The summed E-state index contributed by atoms with van der Waals surface area (Å²) in [4.78, 5) is 14.6. The predicted octanol–water partition coefficient (Wildman–Crippen LogP) is 1.62. The Hall–Kier alpha value is -0.460.